The van der Waals surface area contributed by atoms with Gasteiger partial charge in [-0.3, -0.25) is 14.5 Å². The number of hydrogen-bond acceptors (Lipinski definition) is 7. The molecule has 0 spiro atoms. The minimum Gasteiger partial charge on any atom is -0.507 e. The number of para-hydroxylation sites is 1. The number of ketones is 1. The highest BCUT2D eigenvalue weighted by Crippen LogP contribution is 2.47. The van der Waals surface area contributed by atoms with E-state index in [4.69, 9.17) is 18.9 Å². The second kappa shape index (κ2) is 11.5. The maximum absolute atomic E-state index is 13.6. The lowest BCUT2D eigenvalue weighted by atomic mass is 9.94. The van der Waals surface area contributed by atoms with Crippen LogP contribution < -0.4 is 23.8 Å². The van der Waals surface area contributed by atoms with Gasteiger partial charge < -0.3 is 24.1 Å². The van der Waals surface area contributed by atoms with Crippen molar-refractivity contribution in [2.75, 3.05) is 32.8 Å². The largest absolute Gasteiger partial charge is 0.507 e. The van der Waals surface area contributed by atoms with Crippen molar-refractivity contribution in [1.82, 2.24) is 0 Å². The second-order valence-corrected chi connectivity index (χ2v) is 9.24. The summed E-state index contributed by atoms with van der Waals surface area (Å²) in [4.78, 5) is 28.6. The van der Waals surface area contributed by atoms with Crippen LogP contribution in [0.15, 0.2) is 60.2 Å². The van der Waals surface area contributed by atoms with E-state index in [2.05, 4.69) is 0 Å². The molecule has 1 heterocycles. The van der Waals surface area contributed by atoms with E-state index >= 15 is 0 Å². The average molecular weight is 532 g/mol. The van der Waals surface area contributed by atoms with E-state index < -0.39 is 17.7 Å². The number of carbonyl (C=O) groups is 2. The smallest absolute Gasteiger partial charge is 0.300 e. The van der Waals surface area contributed by atoms with Crippen LogP contribution in [0.2, 0.25) is 0 Å². The molecule has 0 saturated carbocycles. The van der Waals surface area contributed by atoms with Gasteiger partial charge in [0.05, 0.1) is 39.6 Å². The van der Waals surface area contributed by atoms with Crippen LogP contribution in [0.4, 0.5) is 5.69 Å². The number of Topliss-reactive ketones (excluding diaryl/α,β-unsaturated/α-hetero) is 1. The number of nitrogens with zero attached hydrogens (tertiary/aromatic N) is 1. The fraction of sp³-hybridized carbons (Fsp3) is 0.290. The Morgan fingerprint density at radius 1 is 0.872 bits per heavy atom. The summed E-state index contributed by atoms with van der Waals surface area (Å²) in [6.45, 7) is 6.31. The van der Waals surface area contributed by atoms with Crippen molar-refractivity contribution in [3.63, 3.8) is 0 Å². The molecule has 39 heavy (non-hydrogen) atoms. The molecule has 0 radical (unpaired) electrons. The molecule has 1 fully saturated rings. The zero-order chi connectivity index (χ0) is 28.3. The molecular formula is C31H33NO7. The SMILES string of the molecule is CCCOc1ccc(/C(O)=C2\C(=O)C(=O)N(c3ccccc3C)C2c2cc(OC)c(OC)c(OC)c2)cc1C. The normalized spacial score (nSPS) is 16.4. The Morgan fingerprint density at radius 3 is 2.10 bits per heavy atom. The molecule has 8 nitrogen and oxygen atoms in total. The molecule has 1 saturated heterocycles. The van der Waals surface area contributed by atoms with Gasteiger partial charge in [0.2, 0.25) is 5.75 Å². The summed E-state index contributed by atoms with van der Waals surface area (Å²) in [6.07, 6.45) is 0.859. The van der Waals surface area contributed by atoms with Gasteiger partial charge in [0.15, 0.2) is 11.5 Å². The van der Waals surface area contributed by atoms with Gasteiger partial charge in [-0.15, -0.1) is 0 Å². The molecule has 3 aromatic carbocycles. The molecule has 204 valence electrons. The number of rotatable bonds is 9. The van der Waals surface area contributed by atoms with Crippen LogP contribution in [0.5, 0.6) is 23.0 Å². The molecule has 1 amide bonds. The molecule has 1 aliphatic rings. The maximum Gasteiger partial charge on any atom is 0.300 e. The standard InChI is InChI=1S/C31H33NO7/c1-7-14-39-23-13-12-20(15-19(23)3)28(33)26-27(21-16-24(36-4)30(38-6)25(17-21)37-5)32(31(35)29(26)34)22-11-9-8-10-18(22)2/h8-13,15-17,27,33H,7,14H2,1-6H3/b28-26+. The number of amides is 1. The summed E-state index contributed by atoms with van der Waals surface area (Å²) in [5.41, 5.74) is 3.01. The first-order valence-electron chi connectivity index (χ1n) is 12.7. The minimum atomic E-state index is -0.962. The van der Waals surface area contributed by atoms with Crippen LogP contribution in [0.1, 0.15) is 41.6 Å². The van der Waals surface area contributed by atoms with Crippen molar-refractivity contribution < 1.29 is 33.6 Å². The van der Waals surface area contributed by atoms with Gasteiger partial charge in [0.1, 0.15) is 11.5 Å². The Hall–Kier alpha value is -4.46. The van der Waals surface area contributed by atoms with Crippen molar-refractivity contribution in [3.8, 4) is 23.0 Å². The van der Waals surface area contributed by atoms with E-state index in [-0.39, 0.29) is 11.3 Å². The molecule has 0 bridgehead atoms. The highest BCUT2D eigenvalue weighted by Gasteiger charge is 2.47. The minimum absolute atomic E-state index is 0.0425. The van der Waals surface area contributed by atoms with Crippen LogP contribution in [-0.2, 0) is 9.59 Å². The number of aliphatic hydroxyl groups excluding tert-OH is 1. The van der Waals surface area contributed by atoms with E-state index in [0.29, 0.717) is 46.4 Å². The number of aliphatic hydroxyl groups is 1. The second-order valence-electron chi connectivity index (χ2n) is 9.24. The summed E-state index contributed by atoms with van der Waals surface area (Å²) in [6, 6.07) is 14.9. The van der Waals surface area contributed by atoms with E-state index in [1.165, 1.54) is 26.2 Å². The first kappa shape index (κ1) is 27.6. The highest BCUT2D eigenvalue weighted by atomic mass is 16.5. The summed E-state index contributed by atoms with van der Waals surface area (Å²) >= 11 is 0. The lowest BCUT2D eigenvalue weighted by Crippen LogP contribution is -2.30. The van der Waals surface area contributed by atoms with Crippen molar-refractivity contribution in [2.24, 2.45) is 0 Å². The summed E-state index contributed by atoms with van der Waals surface area (Å²) in [7, 11) is 4.48. The molecule has 1 N–H and O–H groups in total. The average Bonchev–Trinajstić information content (AvgIpc) is 3.21. The van der Waals surface area contributed by atoms with Gasteiger partial charge in [-0.1, -0.05) is 25.1 Å². The quantitative estimate of drug-likeness (QED) is 0.214. The fourth-order valence-electron chi connectivity index (χ4n) is 4.82. The van der Waals surface area contributed by atoms with Crippen LogP contribution in [0, 0.1) is 13.8 Å². The molecule has 1 unspecified atom stereocenters. The van der Waals surface area contributed by atoms with Gasteiger partial charge in [0.25, 0.3) is 11.7 Å². The van der Waals surface area contributed by atoms with Crippen molar-refractivity contribution in [2.45, 2.75) is 33.2 Å². The Morgan fingerprint density at radius 2 is 1.54 bits per heavy atom. The fourth-order valence-corrected chi connectivity index (χ4v) is 4.82. The number of hydrogen-bond donors (Lipinski definition) is 1. The zero-order valence-electron chi connectivity index (χ0n) is 23.0. The van der Waals surface area contributed by atoms with Gasteiger partial charge in [0, 0.05) is 11.3 Å². The van der Waals surface area contributed by atoms with Gasteiger partial charge >= 0.3 is 0 Å². The zero-order valence-corrected chi connectivity index (χ0v) is 23.0. The van der Waals surface area contributed by atoms with E-state index in [1.807, 2.05) is 32.9 Å². The van der Waals surface area contributed by atoms with E-state index in [0.717, 1.165) is 17.5 Å². The third-order valence-electron chi connectivity index (χ3n) is 6.73. The number of anilines is 1. The lowest BCUT2D eigenvalue weighted by Gasteiger charge is -2.27. The summed E-state index contributed by atoms with van der Waals surface area (Å²) in [5, 5.41) is 11.6. The van der Waals surface area contributed by atoms with Gasteiger partial charge in [-0.25, -0.2) is 0 Å². The van der Waals surface area contributed by atoms with Crippen molar-refractivity contribution in [1.29, 1.82) is 0 Å². The number of benzene rings is 3. The predicted octanol–water partition coefficient (Wildman–Crippen LogP) is 5.74. The number of aryl methyl sites for hydroxylation is 2. The Bertz CT molecular complexity index is 1420. The summed E-state index contributed by atoms with van der Waals surface area (Å²) < 4.78 is 22.3. The van der Waals surface area contributed by atoms with Crippen LogP contribution in [-0.4, -0.2) is 44.7 Å². The first-order chi connectivity index (χ1) is 18.8. The van der Waals surface area contributed by atoms with Crippen LogP contribution in [0.3, 0.4) is 0 Å². The Labute approximate surface area is 228 Å². The summed E-state index contributed by atoms with van der Waals surface area (Å²) in [5.74, 6) is -0.0492. The molecular weight excluding hydrogens is 498 g/mol. The monoisotopic (exact) mass is 531 g/mol. The Kier molecular flexibility index (Phi) is 8.14. The third kappa shape index (κ3) is 5.02. The van der Waals surface area contributed by atoms with Gasteiger partial charge in [-0.05, 0) is 73.4 Å². The molecule has 0 aromatic heterocycles. The van der Waals surface area contributed by atoms with E-state index in [1.54, 1.807) is 42.5 Å². The third-order valence-corrected chi connectivity index (χ3v) is 6.73. The molecule has 4 rings (SSSR count). The maximum atomic E-state index is 13.6. The first-order valence-corrected chi connectivity index (χ1v) is 12.7. The topological polar surface area (TPSA) is 94.5 Å². The predicted molar refractivity (Wildman–Crippen MR) is 149 cm³/mol. The number of carbonyl (C=O) groups excluding carboxylic acids is 2. The molecule has 1 aliphatic heterocycles. The Balaban J connectivity index is 1.98. The lowest BCUT2D eigenvalue weighted by molar-refractivity contribution is -0.132. The van der Waals surface area contributed by atoms with Crippen molar-refractivity contribution in [3.05, 3.63) is 82.4 Å². The van der Waals surface area contributed by atoms with Crippen LogP contribution in [0.25, 0.3) is 5.76 Å². The highest BCUT2D eigenvalue weighted by molar-refractivity contribution is 6.51. The van der Waals surface area contributed by atoms with Gasteiger partial charge in [-0.2, -0.15) is 0 Å². The molecule has 1 atom stereocenters. The van der Waals surface area contributed by atoms with Crippen LogP contribution >= 0.6 is 0 Å². The van der Waals surface area contributed by atoms with Crippen molar-refractivity contribution >= 4 is 23.1 Å². The molecule has 8 heteroatoms. The molecule has 3 aromatic rings. The number of ether oxygens (including phenoxy) is 4. The van der Waals surface area contributed by atoms with E-state index in [9.17, 15) is 14.7 Å². The number of methoxy groups -OCH3 is 3. The molecule has 0 aliphatic carbocycles.